The van der Waals surface area contributed by atoms with Gasteiger partial charge >= 0.3 is 12.1 Å². The number of esters is 1. The van der Waals surface area contributed by atoms with Gasteiger partial charge in [0.25, 0.3) is 0 Å². The van der Waals surface area contributed by atoms with Crippen LogP contribution in [0.3, 0.4) is 0 Å². The third kappa shape index (κ3) is 7.32. The van der Waals surface area contributed by atoms with E-state index in [4.69, 9.17) is 13.9 Å². The van der Waals surface area contributed by atoms with Crippen LogP contribution in [-0.4, -0.2) is 50.1 Å². The molecule has 0 radical (unpaired) electrons. The van der Waals surface area contributed by atoms with Gasteiger partial charge in [-0.1, -0.05) is 50.6 Å². The minimum Gasteiger partial charge on any atom is -0.466 e. The van der Waals surface area contributed by atoms with Crippen molar-refractivity contribution in [3.05, 3.63) is 35.4 Å². The lowest BCUT2D eigenvalue weighted by Crippen LogP contribution is -2.44. The number of aryl methyl sites for hydroxylation is 1. The van der Waals surface area contributed by atoms with E-state index in [0.717, 1.165) is 11.1 Å². The van der Waals surface area contributed by atoms with Crippen molar-refractivity contribution in [2.45, 2.75) is 104 Å². The third-order valence-corrected chi connectivity index (χ3v) is 11.4. The van der Waals surface area contributed by atoms with Gasteiger partial charge < -0.3 is 13.9 Å². The first-order valence-electron chi connectivity index (χ1n) is 12.4. The predicted molar refractivity (Wildman–Crippen MR) is 138 cm³/mol. The largest absolute Gasteiger partial charge is 0.466 e. The molecule has 2 rings (SSSR count). The quantitative estimate of drug-likeness (QED) is 0.316. The molecule has 0 aliphatic carbocycles. The Bertz CT molecular complexity index is 855. The van der Waals surface area contributed by atoms with E-state index in [-0.39, 0.29) is 35.4 Å². The molecule has 1 heterocycles. The molecule has 0 aromatic heterocycles. The molecule has 1 amide bonds. The molecule has 6 nitrogen and oxygen atoms in total. The molecule has 0 unspecified atom stereocenters. The lowest BCUT2D eigenvalue weighted by atomic mass is 9.93. The maximum Gasteiger partial charge on any atom is 0.411 e. The van der Waals surface area contributed by atoms with Crippen LogP contribution in [-0.2, 0) is 18.7 Å². The maximum absolute atomic E-state index is 13.5. The van der Waals surface area contributed by atoms with E-state index < -0.39 is 20.0 Å². The Labute approximate surface area is 207 Å². The van der Waals surface area contributed by atoms with E-state index in [2.05, 4.69) is 46.0 Å². The fourth-order valence-electron chi connectivity index (χ4n) is 4.20. The standard InChI is InChI=1S/C27H45NO5Si/c1-11-31-23(29)17-22-16-21(18-32-34(9,10)27(6,7)8)24(20-14-12-13-19(2)15-20)28(22)25(30)33-26(3,4)5/h12-15,21-22,24H,11,16-18H2,1-10H3/t21-,22+,24-/m1/s1. The van der Waals surface area contributed by atoms with Gasteiger partial charge in [-0.15, -0.1) is 0 Å². The van der Waals surface area contributed by atoms with Crippen LogP contribution in [0.2, 0.25) is 18.1 Å². The molecule has 0 spiro atoms. The number of carbonyl (C=O) groups is 2. The summed E-state index contributed by atoms with van der Waals surface area (Å²) in [4.78, 5) is 27.8. The topological polar surface area (TPSA) is 65.1 Å². The number of ether oxygens (including phenoxy) is 2. The Morgan fingerprint density at radius 3 is 2.29 bits per heavy atom. The van der Waals surface area contributed by atoms with Gasteiger partial charge in [-0.25, -0.2) is 4.79 Å². The molecule has 1 saturated heterocycles. The molecule has 1 fully saturated rings. The molecule has 34 heavy (non-hydrogen) atoms. The fourth-order valence-corrected chi connectivity index (χ4v) is 5.26. The van der Waals surface area contributed by atoms with E-state index in [1.54, 1.807) is 11.8 Å². The van der Waals surface area contributed by atoms with Crippen molar-refractivity contribution in [3.63, 3.8) is 0 Å². The van der Waals surface area contributed by atoms with Crippen molar-refractivity contribution >= 4 is 20.4 Å². The zero-order valence-corrected chi connectivity index (χ0v) is 23.9. The van der Waals surface area contributed by atoms with Crippen LogP contribution >= 0.6 is 0 Å². The van der Waals surface area contributed by atoms with E-state index in [0.29, 0.717) is 19.6 Å². The van der Waals surface area contributed by atoms with Gasteiger partial charge in [0, 0.05) is 18.6 Å². The van der Waals surface area contributed by atoms with Crippen LogP contribution in [0.5, 0.6) is 0 Å². The van der Waals surface area contributed by atoms with Crippen molar-refractivity contribution in [2.24, 2.45) is 5.92 Å². The Morgan fingerprint density at radius 1 is 1.12 bits per heavy atom. The zero-order chi connectivity index (χ0) is 25.9. The Morgan fingerprint density at radius 2 is 1.76 bits per heavy atom. The minimum atomic E-state index is -1.99. The summed E-state index contributed by atoms with van der Waals surface area (Å²) in [7, 11) is -1.99. The second kappa shape index (κ2) is 10.8. The van der Waals surface area contributed by atoms with Gasteiger partial charge in [-0.05, 0) is 64.7 Å². The lowest BCUT2D eigenvalue weighted by Gasteiger charge is -2.38. The Balaban J connectivity index is 2.47. The van der Waals surface area contributed by atoms with Crippen molar-refractivity contribution in [3.8, 4) is 0 Å². The van der Waals surface area contributed by atoms with E-state index in [1.807, 2.05) is 39.8 Å². The second-order valence-electron chi connectivity index (χ2n) is 12.0. The molecular weight excluding hydrogens is 446 g/mol. The Hall–Kier alpha value is -1.86. The molecule has 0 saturated carbocycles. The molecule has 1 aromatic rings. The lowest BCUT2D eigenvalue weighted by molar-refractivity contribution is -0.144. The van der Waals surface area contributed by atoms with Crippen LogP contribution in [0.1, 0.15) is 78.5 Å². The zero-order valence-electron chi connectivity index (χ0n) is 22.9. The highest BCUT2D eigenvalue weighted by molar-refractivity contribution is 6.74. The molecule has 7 heteroatoms. The molecule has 1 aliphatic heterocycles. The average Bonchev–Trinajstić information content (AvgIpc) is 3.02. The third-order valence-electron chi connectivity index (χ3n) is 6.87. The first-order chi connectivity index (χ1) is 15.6. The number of hydrogen-bond acceptors (Lipinski definition) is 5. The smallest absolute Gasteiger partial charge is 0.411 e. The van der Waals surface area contributed by atoms with Crippen molar-refractivity contribution in [1.82, 2.24) is 4.90 Å². The monoisotopic (exact) mass is 491 g/mol. The van der Waals surface area contributed by atoms with Gasteiger partial charge in [0.1, 0.15) is 5.60 Å². The van der Waals surface area contributed by atoms with Crippen molar-refractivity contribution in [1.29, 1.82) is 0 Å². The van der Waals surface area contributed by atoms with Crippen LogP contribution in [0.25, 0.3) is 0 Å². The van der Waals surface area contributed by atoms with E-state index in [9.17, 15) is 9.59 Å². The second-order valence-corrected chi connectivity index (χ2v) is 16.8. The first-order valence-corrected chi connectivity index (χ1v) is 15.3. The fraction of sp³-hybridized carbons (Fsp3) is 0.704. The number of amides is 1. The Kier molecular flexibility index (Phi) is 9.03. The molecule has 3 atom stereocenters. The normalized spacial score (nSPS) is 21.5. The van der Waals surface area contributed by atoms with Gasteiger partial charge in [0.2, 0.25) is 0 Å². The summed E-state index contributed by atoms with van der Waals surface area (Å²) in [6, 6.07) is 7.69. The average molecular weight is 492 g/mol. The predicted octanol–water partition coefficient (Wildman–Crippen LogP) is 6.64. The summed E-state index contributed by atoms with van der Waals surface area (Å²) >= 11 is 0. The number of carbonyl (C=O) groups excluding carboxylic acids is 2. The van der Waals surface area contributed by atoms with Crippen molar-refractivity contribution in [2.75, 3.05) is 13.2 Å². The summed E-state index contributed by atoms with van der Waals surface area (Å²) in [5.74, 6) is -0.252. The number of rotatable bonds is 7. The van der Waals surface area contributed by atoms with Crippen LogP contribution in [0.4, 0.5) is 4.79 Å². The summed E-state index contributed by atoms with van der Waals surface area (Å²) in [5, 5.41) is 0.0830. The highest BCUT2D eigenvalue weighted by Crippen LogP contribution is 2.45. The summed E-state index contributed by atoms with van der Waals surface area (Å²) in [5.41, 5.74) is 1.53. The molecule has 1 aliphatic rings. The molecule has 0 N–H and O–H groups in total. The van der Waals surface area contributed by atoms with Gasteiger partial charge in [-0.3, -0.25) is 9.69 Å². The minimum absolute atomic E-state index is 0.0443. The number of benzene rings is 1. The van der Waals surface area contributed by atoms with Gasteiger partial charge in [0.05, 0.1) is 19.1 Å². The van der Waals surface area contributed by atoms with Crippen molar-refractivity contribution < 1.29 is 23.5 Å². The summed E-state index contributed by atoms with van der Waals surface area (Å²) in [6.07, 6.45) is 0.403. The highest BCUT2D eigenvalue weighted by Gasteiger charge is 2.48. The summed E-state index contributed by atoms with van der Waals surface area (Å²) < 4.78 is 17.7. The maximum atomic E-state index is 13.5. The van der Waals surface area contributed by atoms with Crippen LogP contribution in [0, 0.1) is 12.8 Å². The SMILES string of the molecule is CCOC(=O)C[C@@H]1C[C@H](CO[Si](C)(C)C(C)(C)C)[C@@H](c2cccc(C)c2)N1C(=O)OC(C)(C)C. The molecule has 0 bridgehead atoms. The number of hydrogen-bond donors (Lipinski definition) is 0. The van der Waals surface area contributed by atoms with E-state index >= 15 is 0 Å². The van der Waals surface area contributed by atoms with Gasteiger partial charge in [-0.2, -0.15) is 0 Å². The van der Waals surface area contributed by atoms with Crippen LogP contribution < -0.4 is 0 Å². The van der Waals surface area contributed by atoms with Gasteiger partial charge in [0.15, 0.2) is 8.32 Å². The molecule has 1 aromatic carbocycles. The first kappa shape index (κ1) is 28.4. The van der Waals surface area contributed by atoms with Crippen LogP contribution in [0.15, 0.2) is 24.3 Å². The highest BCUT2D eigenvalue weighted by atomic mass is 28.4. The number of likely N-dealkylation sites (tertiary alicyclic amines) is 1. The summed E-state index contributed by atoms with van der Waals surface area (Å²) in [6.45, 7) is 21.4. The molecule has 192 valence electrons. The molecular formula is C27H45NO5Si. The number of nitrogens with zero attached hydrogens (tertiary/aromatic N) is 1. The van der Waals surface area contributed by atoms with E-state index in [1.165, 1.54) is 0 Å².